The molecule has 0 radical (unpaired) electrons. The molecule has 0 bridgehead atoms. The van der Waals surface area contributed by atoms with Crippen molar-refractivity contribution in [2.75, 3.05) is 5.75 Å². The van der Waals surface area contributed by atoms with Crippen molar-refractivity contribution in [1.29, 1.82) is 0 Å². The molecule has 1 aromatic rings. The SMILES string of the molecule is CCSc1ccc(Cl)cc1CNC(C)(C)C. The molecule has 1 N–H and O–H groups in total. The third-order valence-corrected chi connectivity index (χ3v) is 3.36. The van der Waals surface area contributed by atoms with E-state index in [0.717, 1.165) is 17.3 Å². The highest BCUT2D eigenvalue weighted by atomic mass is 35.5. The van der Waals surface area contributed by atoms with Crippen molar-refractivity contribution in [3.8, 4) is 0 Å². The van der Waals surface area contributed by atoms with Gasteiger partial charge in [-0.25, -0.2) is 0 Å². The highest BCUT2D eigenvalue weighted by Crippen LogP contribution is 2.25. The summed E-state index contributed by atoms with van der Waals surface area (Å²) in [4.78, 5) is 1.32. The zero-order chi connectivity index (χ0) is 12.2. The van der Waals surface area contributed by atoms with Gasteiger partial charge in [0, 0.05) is 22.0 Å². The fraction of sp³-hybridized carbons (Fsp3) is 0.538. The van der Waals surface area contributed by atoms with Gasteiger partial charge in [0.05, 0.1) is 0 Å². The van der Waals surface area contributed by atoms with Gasteiger partial charge >= 0.3 is 0 Å². The van der Waals surface area contributed by atoms with Gasteiger partial charge in [0.1, 0.15) is 0 Å². The Morgan fingerprint density at radius 1 is 1.31 bits per heavy atom. The van der Waals surface area contributed by atoms with E-state index >= 15 is 0 Å². The minimum absolute atomic E-state index is 0.135. The molecule has 1 aromatic carbocycles. The first-order valence-corrected chi connectivity index (χ1v) is 6.95. The van der Waals surface area contributed by atoms with E-state index in [1.807, 2.05) is 17.8 Å². The van der Waals surface area contributed by atoms with Crippen LogP contribution in [-0.2, 0) is 6.54 Å². The van der Waals surface area contributed by atoms with E-state index in [0.29, 0.717) is 0 Å². The van der Waals surface area contributed by atoms with Crippen molar-refractivity contribution < 1.29 is 0 Å². The van der Waals surface area contributed by atoms with Gasteiger partial charge in [0.2, 0.25) is 0 Å². The van der Waals surface area contributed by atoms with Crippen LogP contribution < -0.4 is 5.32 Å². The molecule has 0 saturated heterocycles. The summed E-state index contributed by atoms with van der Waals surface area (Å²) in [5, 5.41) is 4.30. The summed E-state index contributed by atoms with van der Waals surface area (Å²) < 4.78 is 0. The Morgan fingerprint density at radius 2 is 2.00 bits per heavy atom. The van der Waals surface area contributed by atoms with E-state index in [4.69, 9.17) is 11.6 Å². The second-order valence-electron chi connectivity index (χ2n) is 4.79. The molecule has 0 saturated carbocycles. The Balaban J connectivity index is 2.79. The second-order valence-corrected chi connectivity index (χ2v) is 6.53. The van der Waals surface area contributed by atoms with Gasteiger partial charge in [0.25, 0.3) is 0 Å². The number of hydrogen-bond acceptors (Lipinski definition) is 2. The number of thioether (sulfide) groups is 1. The number of hydrogen-bond donors (Lipinski definition) is 1. The first kappa shape index (κ1) is 13.9. The molecular formula is C13H20ClNS. The van der Waals surface area contributed by atoms with Gasteiger partial charge in [-0.2, -0.15) is 0 Å². The first-order chi connectivity index (χ1) is 7.42. The first-order valence-electron chi connectivity index (χ1n) is 5.58. The molecule has 90 valence electrons. The zero-order valence-corrected chi connectivity index (χ0v) is 12.0. The van der Waals surface area contributed by atoms with Crippen LogP contribution in [0.5, 0.6) is 0 Å². The lowest BCUT2D eigenvalue weighted by atomic mass is 10.1. The highest BCUT2D eigenvalue weighted by Gasteiger charge is 2.10. The van der Waals surface area contributed by atoms with Crippen molar-refractivity contribution >= 4 is 23.4 Å². The molecular weight excluding hydrogens is 238 g/mol. The monoisotopic (exact) mass is 257 g/mol. The molecule has 16 heavy (non-hydrogen) atoms. The maximum absolute atomic E-state index is 6.03. The lowest BCUT2D eigenvalue weighted by molar-refractivity contribution is 0.422. The minimum atomic E-state index is 0.135. The minimum Gasteiger partial charge on any atom is -0.308 e. The van der Waals surface area contributed by atoms with Crippen molar-refractivity contribution in [3.63, 3.8) is 0 Å². The summed E-state index contributed by atoms with van der Waals surface area (Å²) in [5.74, 6) is 1.09. The third-order valence-electron chi connectivity index (χ3n) is 2.13. The van der Waals surface area contributed by atoms with E-state index in [2.05, 4.69) is 45.1 Å². The van der Waals surface area contributed by atoms with Gasteiger partial charge in [-0.1, -0.05) is 18.5 Å². The maximum atomic E-state index is 6.03. The van der Waals surface area contributed by atoms with Crippen LogP contribution in [0, 0.1) is 0 Å². The summed E-state index contributed by atoms with van der Waals surface area (Å²) in [7, 11) is 0. The molecule has 0 aromatic heterocycles. The van der Waals surface area contributed by atoms with Gasteiger partial charge in [-0.05, 0) is 50.3 Å². The van der Waals surface area contributed by atoms with Crippen LogP contribution in [0.4, 0.5) is 0 Å². The summed E-state index contributed by atoms with van der Waals surface area (Å²) in [6.07, 6.45) is 0. The summed E-state index contributed by atoms with van der Waals surface area (Å²) in [6.45, 7) is 9.55. The molecule has 1 rings (SSSR count). The van der Waals surface area contributed by atoms with Crippen LogP contribution in [0.25, 0.3) is 0 Å². The Hall–Kier alpha value is -0.180. The molecule has 0 heterocycles. The Bertz CT molecular complexity index is 344. The Labute approximate surface area is 108 Å². The molecule has 0 fully saturated rings. The van der Waals surface area contributed by atoms with E-state index in [1.165, 1.54) is 10.5 Å². The quantitative estimate of drug-likeness (QED) is 0.806. The predicted octanol–water partition coefficient (Wildman–Crippen LogP) is 4.34. The summed E-state index contributed by atoms with van der Waals surface area (Å²) in [5.41, 5.74) is 1.42. The smallest absolute Gasteiger partial charge is 0.0410 e. The van der Waals surface area contributed by atoms with E-state index < -0.39 is 0 Å². The largest absolute Gasteiger partial charge is 0.308 e. The van der Waals surface area contributed by atoms with Crippen molar-refractivity contribution in [1.82, 2.24) is 5.32 Å². The van der Waals surface area contributed by atoms with Crippen molar-refractivity contribution in [2.45, 2.75) is 44.7 Å². The lowest BCUT2D eigenvalue weighted by Gasteiger charge is -2.21. The summed E-state index contributed by atoms with van der Waals surface area (Å²) in [6, 6.07) is 6.12. The van der Waals surface area contributed by atoms with Crippen LogP contribution >= 0.6 is 23.4 Å². The molecule has 0 atom stereocenters. The molecule has 3 heteroatoms. The molecule has 0 spiro atoms. The average Bonchev–Trinajstić information content (AvgIpc) is 2.17. The standard InChI is InChI=1S/C13H20ClNS/c1-5-16-12-7-6-11(14)8-10(12)9-15-13(2,3)4/h6-8,15H,5,9H2,1-4H3. The average molecular weight is 258 g/mol. The molecule has 0 aliphatic heterocycles. The van der Waals surface area contributed by atoms with E-state index in [-0.39, 0.29) is 5.54 Å². The molecule has 0 aliphatic rings. The van der Waals surface area contributed by atoms with Crippen LogP contribution in [-0.4, -0.2) is 11.3 Å². The van der Waals surface area contributed by atoms with Crippen LogP contribution in [0.2, 0.25) is 5.02 Å². The topological polar surface area (TPSA) is 12.0 Å². The third kappa shape index (κ3) is 4.77. The maximum Gasteiger partial charge on any atom is 0.0410 e. The predicted molar refractivity (Wildman–Crippen MR) is 74.4 cm³/mol. The van der Waals surface area contributed by atoms with Gasteiger partial charge < -0.3 is 5.32 Å². The fourth-order valence-electron chi connectivity index (χ4n) is 1.34. The molecule has 0 aliphatic carbocycles. The van der Waals surface area contributed by atoms with E-state index in [1.54, 1.807) is 0 Å². The van der Waals surface area contributed by atoms with E-state index in [9.17, 15) is 0 Å². The number of halogens is 1. The fourth-order valence-corrected chi connectivity index (χ4v) is 2.33. The van der Waals surface area contributed by atoms with Gasteiger partial charge in [-0.3, -0.25) is 0 Å². The normalized spacial score (nSPS) is 11.8. The number of benzene rings is 1. The number of rotatable bonds is 4. The van der Waals surface area contributed by atoms with Crippen LogP contribution in [0.3, 0.4) is 0 Å². The molecule has 0 unspecified atom stereocenters. The Morgan fingerprint density at radius 3 is 2.56 bits per heavy atom. The second kappa shape index (κ2) is 5.95. The lowest BCUT2D eigenvalue weighted by Crippen LogP contribution is -2.35. The van der Waals surface area contributed by atoms with Crippen molar-refractivity contribution in [2.24, 2.45) is 0 Å². The zero-order valence-electron chi connectivity index (χ0n) is 10.4. The van der Waals surface area contributed by atoms with Gasteiger partial charge in [0.15, 0.2) is 0 Å². The molecule has 0 amide bonds. The summed E-state index contributed by atoms with van der Waals surface area (Å²) >= 11 is 7.89. The number of nitrogens with one attached hydrogen (secondary N) is 1. The van der Waals surface area contributed by atoms with Crippen LogP contribution in [0.1, 0.15) is 33.3 Å². The van der Waals surface area contributed by atoms with Gasteiger partial charge in [-0.15, -0.1) is 11.8 Å². The molecule has 1 nitrogen and oxygen atoms in total. The van der Waals surface area contributed by atoms with Crippen LogP contribution in [0.15, 0.2) is 23.1 Å². The highest BCUT2D eigenvalue weighted by molar-refractivity contribution is 7.99. The van der Waals surface area contributed by atoms with Crippen molar-refractivity contribution in [3.05, 3.63) is 28.8 Å². The Kier molecular flexibility index (Phi) is 5.16.